The maximum Gasteiger partial charge on any atom is 0.248 e. The van der Waals surface area contributed by atoms with Crippen LogP contribution in [0.25, 0.3) is 27.8 Å². The second-order valence-electron chi connectivity index (χ2n) is 7.71. The fourth-order valence-electron chi connectivity index (χ4n) is 3.46. The Balaban J connectivity index is 0.00000225. The lowest BCUT2D eigenvalue weighted by molar-refractivity contribution is -0.884. The van der Waals surface area contributed by atoms with Crippen LogP contribution < -0.4 is 34.3 Å². The molecule has 4 aromatic rings. The van der Waals surface area contributed by atoms with Gasteiger partial charge in [0.15, 0.2) is 0 Å². The van der Waals surface area contributed by atoms with E-state index in [2.05, 4.69) is 30.5 Å². The number of benzene rings is 1. The summed E-state index contributed by atoms with van der Waals surface area (Å²) in [6.07, 6.45) is 2.05. The van der Waals surface area contributed by atoms with E-state index < -0.39 is 0 Å². The summed E-state index contributed by atoms with van der Waals surface area (Å²) in [5, 5.41) is 0.917. The van der Waals surface area contributed by atoms with Crippen molar-refractivity contribution in [3.05, 3.63) is 64.7 Å². The molecule has 0 spiro atoms. The third-order valence-corrected chi connectivity index (χ3v) is 4.58. The highest BCUT2D eigenvalue weighted by molar-refractivity contribution is 5.97. The van der Waals surface area contributed by atoms with Crippen molar-refractivity contribution < 1.29 is 49.6 Å². The van der Waals surface area contributed by atoms with E-state index in [1.165, 1.54) is 0 Å². The van der Waals surface area contributed by atoms with Gasteiger partial charge in [-0.25, -0.2) is 4.98 Å². The third-order valence-electron chi connectivity index (χ3n) is 4.58. The van der Waals surface area contributed by atoms with Crippen molar-refractivity contribution in [3.8, 4) is 17.0 Å². The zero-order chi connectivity index (χ0) is 19.2. The van der Waals surface area contributed by atoms with Gasteiger partial charge in [0.25, 0.3) is 0 Å². The second kappa shape index (κ2) is 10.7. The fraction of sp³-hybridized carbons (Fsp3) is 0.238. The van der Waals surface area contributed by atoms with Crippen LogP contribution >= 0.6 is 0 Å². The van der Waals surface area contributed by atoms with Gasteiger partial charge in [-0.3, -0.25) is 9.20 Å². The number of aromatic nitrogens is 3. The number of pyridine rings is 2. The lowest BCUT2D eigenvalue weighted by Crippen LogP contribution is -3.00. The second-order valence-corrected chi connectivity index (χ2v) is 7.71. The summed E-state index contributed by atoms with van der Waals surface area (Å²) < 4.78 is 8.36. The number of hydrogen-bond acceptors (Lipinski definition) is 3. The summed E-state index contributed by atoms with van der Waals surface area (Å²) in [5.74, 6) is 0.642. The first-order chi connectivity index (χ1) is 12.9. The quantitative estimate of drug-likeness (QED) is 0.225. The molecule has 3 heterocycles. The molecule has 0 saturated heterocycles. The highest BCUT2D eigenvalue weighted by Crippen LogP contribution is 2.35. The molecule has 10 heteroatoms. The van der Waals surface area contributed by atoms with E-state index in [0.717, 1.165) is 39.0 Å². The topological polar surface area (TPSA) is 154 Å². The number of quaternary nitrogens is 1. The van der Waals surface area contributed by atoms with Crippen LogP contribution in [0, 0.1) is 0 Å². The number of rotatable bonds is 4. The number of nitrogens with one attached hydrogen (secondary N) is 1. The van der Waals surface area contributed by atoms with Gasteiger partial charge >= 0.3 is 0 Å². The molecule has 0 radical (unpaired) electrons. The van der Waals surface area contributed by atoms with Crippen molar-refractivity contribution >= 4 is 16.6 Å². The van der Waals surface area contributed by atoms with Crippen molar-refractivity contribution in [2.75, 3.05) is 28.3 Å². The van der Waals surface area contributed by atoms with Crippen LogP contribution in [0.5, 0.6) is 5.75 Å². The zero-order valence-corrected chi connectivity index (χ0v) is 20.0. The molecular formula is C21H29IN4O5. The molecule has 0 amide bonds. The van der Waals surface area contributed by atoms with Crippen LogP contribution in [-0.2, 0) is 6.54 Å². The molecule has 0 unspecified atom stereocenters. The predicted molar refractivity (Wildman–Crippen MR) is 118 cm³/mol. The molecule has 31 heavy (non-hydrogen) atoms. The largest absolute Gasteiger partial charge is 1.00 e. The van der Waals surface area contributed by atoms with Crippen LogP contribution in [0.15, 0.2) is 53.5 Å². The Kier molecular flexibility index (Phi) is 9.82. The number of aromatic amines is 1. The zero-order valence-electron chi connectivity index (χ0n) is 17.9. The maximum atomic E-state index is 11.9. The SMILES string of the molecule is COc1ccc(-c2nc3ccccn3c2C[N+](C)(C)C)c2ccc(=O)[nH]c12.O.O.O.[I-]. The first kappa shape index (κ1) is 28.5. The van der Waals surface area contributed by atoms with Crippen LogP contribution in [0.3, 0.4) is 0 Å². The Labute approximate surface area is 196 Å². The molecular weight excluding hydrogens is 515 g/mol. The minimum atomic E-state index is -0.153. The first-order valence-electron chi connectivity index (χ1n) is 8.84. The molecule has 0 bridgehead atoms. The number of H-pyrrole nitrogens is 1. The molecule has 1 aromatic carbocycles. The summed E-state index contributed by atoms with van der Waals surface area (Å²) >= 11 is 0. The molecule has 0 aliphatic rings. The van der Waals surface area contributed by atoms with Crippen molar-refractivity contribution in [3.63, 3.8) is 0 Å². The van der Waals surface area contributed by atoms with Crippen molar-refractivity contribution in [1.82, 2.24) is 14.4 Å². The number of methoxy groups -OCH3 is 1. The minimum absolute atomic E-state index is 0. The fourth-order valence-corrected chi connectivity index (χ4v) is 3.46. The minimum Gasteiger partial charge on any atom is -1.00 e. The van der Waals surface area contributed by atoms with E-state index in [0.29, 0.717) is 11.3 Å². The molecule has 3 aromatic heterocycles. The van der Waals surface area contributed by atoms with Gasteiger partial charge in [-0.15, -0.1) is 0 Å². The lowest BCUT2D eigenvalue weighted by atomic mass is 10.0. The highest BCUT2D eigenvalue weighted by atomic mass is 127. The van der Waals surface area contributed by atoms with Gasteiger partial charge < -0.3 is 54.6 Å². The molecule has 0 fully saturated rings. The molecule has 9 nitrogen and oxygen atoms in total. The van der Waals surface area contributed by atoms with Gasteiger partial charge in [0.1, 0.15) is 23.6 Å². The molecule has 7 N–H and O–H groups in total. The molecule has 0 saturated carbocycles. The Morgan fingerprint density at radius 1 is 1.03 bits per heavy atom. The van der Waals surface area contributed by atoms with E-state index in [-0.39, 0.29) is 46.0 Å². The number of ether oxygens (including phenoxy) is 1. The Morgan fingerprint density at radius 3 is 2.39 bits per heavy atom. The average Bonchev–Trinajstić information content (AvgIpc) is 2.97. The first-order valence-corrected chi connectivity index (χ1v) is 8.84. The van der Waals surface area contributed by atoms with Gasteiger partial charge in [-0.1, -0.05) is 6.07 Å². The number of halogens is 1. The maximum absolute atomic E-state index is 11.9. The van der Waals surface area contributed by atoms with Gasteiger partial charge in [-0.05, 0) is 30.3 Å². The lowest BCUT2D eigenvalue weighted by Gasteiger charge is -2.24. The van der Waals surface area contributed by atoms with Gasteiger partial charge in [-0.2, -0.15) is 0 Å². The normalized spacial score (nSPS) is 10.5. The van der Waals surface area contributed by atoms with Crippen LogP contribution in [-0.4, -0.2) is 63.5 Å². The summed E-state index contributed by atoms with van der Waals surface area (Å²) in [6, 6.07) is 13.3. The van der Waals surface area contributed by atoms with Crippen molar-refractivity contribution in [2.45, 2.75) is 6.54 Å². The average molecular weight is 544 g/mol. The van der Waals surface area contributed by atoms with Crippen molar-refractivity contribution in [2.24, 2.45) is 0 Å². The molecule has 170 valence electrons. The van der Waals surface area contributed by atoms with Crippen LogP contribution in [0.1, 0.15) is 5.69 Å². The number of fused-ring (bicyclic) bond motifs is 2. The summed E-state index contributed by atoms with van der Waals surface area (Å²) in [6.45, 7) is 0.817. The molecule has 0 atom stereocenters. The smallest absolute Gasteiger partial charge is 0.248 e. The molecule has 4 rings (SSSR count). The van der Waals surface area contributed by atoms with Gasteiger partial charge in [0, 0.05) is 23.2 Å². The number of imidazole rings is 1. The Morgan fingerprint density at radius 2 is 1.74 bits per heavy atom. The molecule has 0 aliphatic heterocycles. The Hall–Kier alpha value is -2.51. The van der Waals surface area contributed by atoms with E-state index >= 15 is 0 Å². The van der Waals surface area contributed by atoms with Gasteiger partial charge in [0.2, 0.25) is 5.56 Å². The van der Waals surface area contributed by atoms with E-state index in [1.54, 1.807) is 13.2 Å². The summed E-state index contributed by atoms with van der Waals surface area (Å²) in [7, 11) is 8.09. The summed E-state index contributed by atoms with van der Waals surface area (Å²) in [5.41, 5.74) is 4.48. The van der Waals surface area contributed by atoms with E-state index in [9.17, 15) is 4.79 Å². The summed E-state index contributed by atoms with van der Waals surface area (Å²) in [4.78, 5) is 19.7. The van der Waals surface area contributed by atoms with E-state index in [4.69, 9.17) is 9.72 Å². The molecule has 0 aliphatic carbocycles. The monoisotopic (exact) mass is 544 g/mol. The standard InChI is InChI=1S/C21H22N4O2.HI.3H2O/c1-25(2,3)13-16-20(22-18-7-5-6-12-24(16)18)14-8-10-17(27-4)21-15(14)9-11-19(26)23-21;;;;/h5-12H,13H2,1-4H3;1H;3*1H2. The predicted octanol–water partition coefficient (Wildman–Crippen LogP) is -2.41. The van der Waals surface area contributed by atoms with E-state index in [1.807, 2.05) is 42.6 Å². The number of hydrogen-bond donors (Lipinski definition) is 1. The van der Waals surface area contributed by atoms with Crippen LogP contribution in [0.2, 0.25) is 0 Å². The van der Waals surface area contributed by atoms with Crippen LogP contribution in [0.4, 0.5) is 0 Å². The van der Waals surface area contributed by atoms with Crippen molar-refractivity contribution in [1.29, 1.82) is 0 Å². The highest BCUT2D eigenvalue weighted by Gasteiger charge is 2.22. The third kappa shape index (κ3) is 5.40. The van der Waals surface area contributed by atoms with Gasteiger partial charge in [0.05, 0.1) is 39.5 Å². The number of nitrogens with zero attached hydrogens (tertiary/aromatic N) is 3. The Bertz CT molecular complexity index is 1210.